The third-order valence-electron chi connectivity index (χ3n) is 8.25. The van der Waals surface area contributed by atoms with E-state index >= 15 is 0 Å². The fourth-order valence-electron chi connectivity index (χ4n) is 6.22. The minimum atomic E-state index is -0.381. The van der Waals surface area contributed by atoms with Crippen LogP contribution in [0.15, 0.2) is 36.4 Å². The molecule has 2 aromatic rings. The van der Waals surface area contributed by atoms with Gasteiger partial charge in [-0.05, 0) is 75.8 Å². The quantitative estimate of drug-likeness (QED) is 0.500. The number of hydrogen-bond donors (Lipinski definition) is 1. The highest BCUT2D eigenvalue weighted by atomic mass is 16.5. The molecule has 5 rings (SSSR count). The molecule has 2 atom stereocenters. The zero-order valence-corrected chi connectivity index (χ0v) is 23.8. The van der Waals surface area contributed by atoms with Gasteiger partial charge in [0.25, 0.3) is 11.8 Å². The van der Waals surface area contributed by atoms with Crippen LogP contribution in [0, 0.1) is 5.92 Å². The first-order chi connectivity index (χ1) is 19.2. The van der Waals surface area contributed by atoms with Crippen LogP contribution < -0.4 is 19.7 Å². The Labute approximate surface area is 235 Å². The molecule has 0 aromatic heterocycles. The van der Waals surface area contributed by atoms with E-state index in [1.807, 2.05) is 44.2 Å². The number of methoxy groups -OCH3 is 2. The first-order valence-corrected chi connectivity index (χ1v) is 14.1. The number of nitrogens with zero attached hydrogens (tertiary/aromatic N) is 2. The zero-order chi connectivity index (χ0) is 28.4. The molecule has 3 heterocycles. The van der Waals surface area contributed by atoms with Crippen LogP contribution in [0.2, 0.25) is 0 Å². The number of benzene rings is 2. The fourth-order valence-corrected chi connectivity index (χ4v) is 6.22. The summed E-state index contributed by atoms with van der Waals surface area (Å²) in [7, 11) is 3.21. The summed E-state index contributed by atoms with van der Waals surface area (Å²) in [6.45, 7) is 6.26. The van der Waals surface area contributed by atoms with Gasteiger partial charge in [0.1, 0.15) is 0 Å². The molecular formula is C31H39N3O6. The largest absolute Gasteiger partial charge is 0.493 e. The first-order valence-electron chi connectivity index (χ1n) is 14.1. The fraction of sp³-hybridized carbons (Fsp3) is 0.516. The van der Waals surface area contributed by atoms with Crippen molar-refractivity contribution in [2.75, 3.05) is 45.4 Å². The lowest BCUT2D eigenvalue weighted by molar-refractivity contribution is -0.125. The van der Waals surface area contributed by atoms with Crippen molar-refractivity contribution in [3.05, 3.63) is 53.1 Å². The monoisotopic (exact) mass is 549 g/mol. The van der Waals surface area contributed by atoms with Crippen LogP contribution in [-0.4, -0.2) is 74.7 Å². The molecule has 2 fully saturated rings. The lowest BCUT2D eigenvalue weighted by Gasteiger charge is -2.39. The zero-order valence-electron chi connectivity index (χ0n) is 23.8. The van der Waals surface area contributed by atoms with Gasteiger partial charge < -0.3 is 24.4 Å². The summed E-state index contributed by atoms with van der Waals surface area (Å²) in [5.41, 5.74) is 2.32. The number of nitrogens with one attached hydrogen (secondary N) is 1. The number of piperidine rings is 1. The molecule has 0 saturated carbocycles. The van der Waals surface area contributed by atoms with Crippen molar-refractivity contribution in [3.8, 4) is 11.5 Å². The van der Waals surface area contributed by atoms with E-state index in [-0.39, 0.29) is 35.3 Å². The molecule has 0 radical (unpaired) electrons. The van der Waals surface area contributed by atoms with Crippen LogP contribution in [-0.2, 0) is 16.0 Å². The summed E-state index contributed by atoms with van der Waals surface area (Å²) in [6.07, 6.45) is 3.54. The van der Waals surface area contributed by atoms with E-state index in [1.54, 1.807) is 20.3 Å². The van der Waals surface area contributed by atoms with Crippen molar-refractivity contribution in [3.63, 3.8) is 0 Å². The maximum atomic E-state index is 13.7. The third kappa shape index (κ3) is 5.52. The number of hydrogen-bond acceptors (Lipinski definition) is 7. The van der Waals surface area contributed by atoms with Gasteiger partial charge in [-0.2, -0.15) is 0 Å². The number of fused-ring (bicyclic) bond motifs is 1. The Morgan fingerprint density at radius 3 is 2.62 bits per heavy atom. The van der Waals surface area contributed by atoms with Gasteiger partial charge in [0.15, 0.2) is 11.5 Å². The number of amides is 3. The second-order valence-corrected chi connectivity index (χ2v) is 11.5. The molecule has 2 saturated heterocycles. The first kappa shape index (κ1) is 28.0. The highest BCUT2D eigenvalue weighted by molar-refractivity contribution is 6.24. The molecule has 3 amide bonds. The minimum absolute atomic E-state index is 0.00576. The van der Waals surface area contributed by atoms with Crippen LogP contribution >= 0.6 is 0 Å². The Hall–Kier alpha value is -3.59. The molecule has 214 valence electrons. The van der Waals surface area contributed by atoms with E-state index in [9.17, 15) is 14.4 Å². The van der Waals surface area contributed by atoms with E-state index in [1.165, 1.54) is 4.90 Å². The van der Waals surface area contributed by atoms with Crippen molar-refractivity contribution >= 4 is 23.4 Å². The van der Waals surface area contributed by atoms with Crippen LogP contribution in [0.1, 0.15) is 65.8 Å². The second kappa shape index (κ2) is 11.5. The number of anilines is 1. The molecule has 40 heavy (non-hydrogen) atoms. The van der Waals surface area contributed by atoms with E-state index in [2.05, 4.69) is 10.2 Å². The maximum Gasteiger partial charge on any atom is 0.263 e. The molecule has 3 aliphatic heterocycles. The number of carbonyl (C=O) groups excluding carboxylic acids is 3. The Kier molecular flexibility index (Phi) is 8.03. The highest BCUT2D eigenvalue weighted by Crippen LogP contribution is 2.38. The van der Waals surface area contributed by atoms with E-state index in [4.69, 9.17) is 14.2 Å². The molecular weight excluding hydrogens is 510 g/mol. The summed E-state index contributed by atoms with van der Waals surface area (Å²) < 4.78 is 16.5. The molecule has 2 aromatic carbocycles. The van der Waals surface area contributed by atoms with Crippen molar-refractivity contribution in [2.45, 2.75) is 57.6 Å². The Bertz CT molecular complexity index is 1290. The highest BCUT2D eigenvalue weighted by Gasteiger charge is 2.45. The smallest absolute Gasteiger partial charge is 0.263 e. The van der Waals surface area contributed by atoms with E-state index in [0.29, 0.717) is 61.6 Å². The van der Waals surface area contributed by atoms with Gasteiger partial charge in [-0.1, -0.05) is 12.1 Å². The van der Waals surface area contributed by atoms with Gasteiger partial charge >= 0.3 is 0 Å². The van der Waals surface area contributed by atoms with Crippen LogP contribution in [0.4, 0.5) is 5.69 Å². The maximum absolute atomic E-state index is 13.7. The molecule has 9 heteroatoms. The molecule has 0 bridgehead atoms. The van der Waals surface area contributed by atoms with Crippen LogP contribution in [0.25, 0.3) is 0 Å². The summed E-state index contributed by atoms with van der Waals surface area (Å²) >= 11 is 0. The van der Waals surface area contributed by atoms with Gasteiger partial charge in [-0.25, -0.2) is 0 Å². The predicted octanol–water partition coefficient (Wildman–Crippen LogP) is 3.83. The third-order valence-corrected chi connectivity index (χ3v) is 8.25. The number of carbonyl (C=O) groups is 3. The summed E-state index contributed by atoms with van der Waals surface area (Å²) in [5.74, 6) is 0.674. The molecule has 9 nitrogen and oxygen atoms in total. The van der Waals surface area contributed by atoms with Gasteiger partial charge in [0.05, 0.1) is 42.6 Å². The number of rotatable bonds is 8. The number of imide groups is 1. The minimum Gasteiger partial charge on any atom is -0.493 e. The Morgan fingerprint density at radius 2 is 1.88 bits per heavy atom. The van der Waals surface area contributed by atoms with Gasteiger partial charge in [-0.15, -0.1) is 0 Å². The summed E-state index contributed by atoms with van der Waals surface area (Å²) in [4.78, 5) is 43.8. The molecule has 1 N–H and O–H groups in total. The normalized spacial score (nSPS) is 22.2. The summed E-state index contributed by atoms with van der Waals surface area (Å²) in [5, 5.41) is 3.09. The molecule has 0 spiro atoms. The van der Waals surface area contributed by atoms with Gasteiger partial charge in [-0.3, -0.25) is 19.3 Å². The Morgan fingerprint density at radius 1 is 1.07 bits per heavy atom. The van der Waals surface area contributed by atoms with E-state index in [0.717, 1.165) is 30.6 Å². The predicted molar refractivity (Wildman–Crippen MR) is 151 cm³/mol. The SMILES string of the molecule is COc1ccc(CCNC(=O)[C@@H]2CCCN(c3cccc4c3C(=O)N([C@H]3CCOC(C)(C)C3)C4=O)C2)cc1OC. The van der Waals surface area contributed by atoms with Crippen LogP contribution in [0.5, 0.6) is 11.5 Å². The molecule has 3 aliphatic rings. The summed E-state index contributed by atoms with van der Waals surface area (Å²) in [6, 6.07) is 11.0. The standard InChI is InChI=1S/C31H39N3O6/c1-31(2)18-22(13-16-40-31)34-29(36)23-8-5-9-24(27(23)30(34)37)33-15-6-7-21(19-33)28(35)32-14-12-20-10-11-25(38-3)26(17-20)39-4/h5,8-11,17,21-22H,6-7,12-16,18-19H2,1-4H3,(H,32,35)/t21-,22+/m1/s1. The van der Waals surface area contributed by atoms with Crippen molar-refractivity contribution < 1.29 is 28.6 Å². The molecule has 0 unspecified atom stereocenters. The number of ether oxygens (including phenoxy) is 3. The van der Waals surface area contributed by atoms with Crippen molar-refractivity contribution in [1.29, 1.82) is 0 Å². The van der Waals surface area contributed by atoms with Gasteiger partial charge in [0.2, 0.25) is 5.91 Å². The Balaban J connectivity index is 1.24. The molecule has 0 aliphatic carbocycles. The van der Waals surface area contributed by atoms with Crippen molar-refractivity contribution in [2.24, 2.45) is 5.92 Å². The van der Waals surface area contributed by atoms with Crippen molar-refractivity contribution in [1.82, 2.24) is 10.2 Å². The van der Waals surface area contributed by atoms with Crippen LogP contribution in [0.3, 0.4) is 0 Å². The van der Waals surface area contributed by atoms with E-state index < -0.39 is 0 Å². The van der Waals surface area contributed by atoms with Gasteiger partial charge in [0, 0.05) is 32.3 Å². The average molecular weight is 550 g/mol. The topological polar surface area (TPSA) is 97.4 Å². The average Bonchev–Trinajstić information content (AvgIpc) is 3.21. The lowest BCUT2D eigenvalue weighted by Crippen LogP contribution is -2.48. The lowest BCUT2D eigenvalue weighted by atomic mass is 9.93. The second-order valence-electron chi connectivity index (χ2n) is 11.5.